The molecule has 1 atom stereocenters. The van der Waals surface area contributed by atoms with Gasteiger partial charge in [-0.05, 0) is 19.3 Å². The number of hydrogen-bond acceptors (Lipinski definition) is 3. The van der Waals surface area contributed by atoms with Crippen molar-refractivity contribution in [3.63, 3.8) is 0 Å². The molecule has 0 fully saturated rings. The Morgan fingerprint density at radius 3 is 2.50 bits per heavy atom. The molecule has 4 heteroatoms. The minimum Gasteiger partial charge on any atom is -0.389 e. The van der Waals surface area contributed by atoms with Gasteiger partial charge in [-0.2, -0.15) is 0 Å². The lowest BCUT2D eigenvalue weighted by atomic mass is 9.92. The highest BCUT2D eigenvalue weighted by molar-refractivity contribution is 5.75. The second-order valence-electron chi connectivity index (χ2n) is 4.79. The fourth-order valence-corrected chi connectivity index (χ4v) is 1.10. The molecule has 0 aromatic heterocycles. The lowest BCUT2D eigenvalue weighted by Crippen LogP contribution is -2.43. The van der Waals surface area contributed by atoms with Crippen molar-refractivity contribution in [2.24, 2.45) is 5.92 Å². The van der Waals surface area contributed by atoms with E-state index in [1.807, 2.05) is 27.7 Å². The molecule has 96 valence electrons. The molecule has 0 bridgehead atoms. The van der Waals surface area contributed by atoms with Gasteiger partial charge in [0.2, 0.25) is 5.91 Å². The summed E-state index contributed by atoms with van der Waals surface area (Å²) in [6, 6.07) is 0. The molecule has 0 saturated heterocycles. The largest absolute Gasteiger partial charge is 0.389 e. The fourth-order valence-electron chi connectivity index (χ4n) is 1.10. The van der Waals surface area contributed by atoms with E-state index in [4.69, 9.17) is 0 Å². The SMILES string of the molecule is CCCNC(=O)CCNCC(C)(O)C(C)C. The summed E-state index contributed by atoms with van der Waals surface area (Å²) in [7, 11) is 0. The molecule has 0 aliphatic heterocycles. The molecule has 1 unspecified atom stereocenters. The first kappa shape index (κ1) is 15.4. The monoisotopic (exact) mass is 230 g/mol. The van der Waals surface area contributed by atoms with Crippen molar-refractivity contribution in [2.45, 2.75) is 46.1 Å². The van der Waals surface area contributed by atoms with Crippen LogP contribution in [0.15, 0.2) is 0 Å². The zero-order valence-corrected chi connectivity index (χ0v) is 11.0. The summed E-state index contributed by atoms with van der Waals surface area (Å²) in [5.74, 6) is 0.271. The van der Waals surface area contributed by atoms with Crippen molar-refractivity contribution in [1.82, 2.24) is 10.6 Å². The quantitative estimate of drug-likeness (QED) is 0.543. The van der Waals surface area contributed by atoms with E-state index in [1.165, 1.54) is 0 Å². The Hall–Kier alpha value is -0.610. The third kappa shape index (κ3) is 6.80. The van der Waals surface area contributed by atoms with E-state index >= 15 is 0 Å². The smallest absolute Gasteiger partial charge is 0.221 e. The normalized spacial score (nSPS) is 14.9. The van der Waals surface area contributed by atoms with Crippen LogP contribution < -0.4 is 10.6 Å². The highest BCUT2D eigenvalue weighted by Gasteiger charge is 2.23. The average Bonchev–Trinajstić information content (AvgIpc) is 2.21. The number of hydrogen-bond donors (Lipinski definition) is 3. The maximum absolute atomic E-state index is 11.2. The molecular weight excluding hydrogens is 204 g/mol. The van der Waals surface area contributed by atoms with Crippen LogP contribution in [0.5, 0.6) is 0 Å². The molecule has 0 aliphatic carbocycles. The molecule has 0 aromatic rings. The van der Waals surface area contributed by atoms with Gasteiger partial charge in [0, 0.05) is 26.1 Å². The van der Waals surface area contributed by atoms with Crippen LogP contribution >= 0.6 is 0 Å². The molecule has 4 nitrogen and oxygen atoms in total. The lowest BCUT2D eigenvalue weighted by molar-refractivity contribution is -0.121. The molecule has 1 amide bonds. The standard InChI is InChI=1S/C12H26N2O2/c1-5-7-14-11(15)6-8-13-9-12(4,16)10(2)3/h10,13,16H,5-9H2,1-4H3,(H,14,15). The van der Waals surface area contributed by atoms with E-state index in [0.717, 1.165) is 13.0 Å². The van der Waals surface area contributed by atoms with Gasteiger partial charge in [-0.15, -0.1) is 0 Å². The molecule has 0 heterocycles. The number of nitrogens with one attached hydrogen (secondary N) is 2. The molecule has 0 radical (unpaired) electrons. The van der Waals surface area contributed by atoms with Crippen molar-refractivity contribution >= 4 is 5.91 Å². The summed E-state index contributed by atoms with van der Waals surface area (Å²) in [6.07, 6.45) is 1.43. The van der Waals surface area contributed by atoms with E-state index in [2.05, 4.69) is 10.6 Å². The Kier molecular flexibility index (Phi) is 7.34. The van der Waals surface area contributed by atoms with Crippen LogP contribution in [0.2, 0.25) is 0 Å². The highest BCUT2D eigenvalue weighted by atomic mass is 16.3. The van der Waals surface area contributed by atoms with E-state index in [-0.39, 0.29) is 11.8 Å². The Balaban J connectivity index is 3.56. The van der Waals surface area contributed by atoms with Gasteiger partial charge in [-0.1, -0.05) is 20.8 Å². The maximum Gasteiger partial charge on any atom is 0.221 e. The van der Waals surface area contributed by atoms with E-state index in [1.54, 1.807) is 0 Å². The summed E-state index contributed by atoms with van der Waals surface area (Å²) in [4.78, 5) is 11.2. The Morgan fingerprint density at radius 2 is 2.00 bits per heavy atom. The third-order valence-electron chi connectivity index (χ3n) is 2.83. The van der Waals surface area contributed by atoms with Crippen LogP contribution in [0.25, 0.3) is 0 Å². The first-order valence-corrected chi connectivity index (χ1v) is 6.10. The van der Waals surface area contributed by atoms with Gasteiger partial charge in [0.15, 0.2) is 0 Å². The Bertz CT molecular complexity index is 203. The average molecular weight is 230 g/mol. The summed E-state index contributed by atoms with van der Waals surface area (Å²) in [6.45, 7) is 9.66. The number of carbonyl (C=O) groups excluding carboxylic acids is 1. The molecule has 0 saturated carbocycles. The Morgan fingerprint density at radius 1 is 1.38 bits per heavy atom. The Labute approximate surface area is 98.8 Å². The third-order valence-corrected chi connectivity index (χ3v) is 2.83. The molecule has 0 spiro atoms. The van der Waals surface area contributed by atoms with Crippen LogP contribution in [-0.2, 0) is 4.79 Å². The van der Waals surface area contributed by atoms with Gasteiger partial charge >= 0.3 is 0 Å². The van der Waals surface area contributed by atoms with Crippen molar-refractivity contribution in [3.05, 3.63) is 0 Å². The van der Waals surface area contributed by atoms with Crippen molar-refractivity contribution in [2.75, 3.05) is 19.6 Å². The van der Waals surface area contributed by atoms with Crippen LogP contribution in [-0.4, -0.2) is 36.2 Å². The maximum atomic E-state index is 11.2. The van der Waals surface area contributed by atoms with Gasteiger partial charge in [0.25, 0.3) is 0 Å². The second-order valence-corrected chi connectivity index (χ2v) is 4.79. The number of carbonyl (C=O) groups is 1. The number of aliphatic hydroxyl groups is 1. The number of amides is 1. The van der Waals surface area contributed by atoms with Gasteiger partial charge in [0.1, 0.15) is 0 Å². The molecular formula is C12H26N2O2. The zero-order chi connectivity index (χ0) is 12.6. The van der Waals surface area contributed by atoms with Crippen molar-refractivity contribution in [1.29, 1.82) is 0 Å². The number of rotatable bonds is 8. The van der Waals surface area contributed by atoms with Crippen LogP contribution in [0.4, 0.5) is 0 Å². The zero-order valence-electron chi connectivity index (χ0n) is 11.0. The molecule has 0 aliphatic rings. The van der Waals surface area contributed by atoms with Crippen LogP contribution in [0.1, 0.15) is 40.5 Å². The van der Waals surface area contributed by atoms with Gasteiger partial charge in [-0.25, -0.2) is 0 Å². The second kappa shape index (κ2) is 7.63. The van der Waals surface area contributed by atoms with Gasteiger partial charge in [-0.3, -0.25) is 4.79 Å². The molecule has 16 heavy (non-hydrogen) atoms. The summed E-state index contributed by atoms with van der Waals surface area (Å²) < 4.78 is 0. The van der Waals surface area contributed by atoms with E-state index in [9.17, 15) is 9.90 Å². The summed E-state index contributed by atoms with van der Waals surface area (Å²) in [5.41, 5.74) is -0.708. The molecule has 3 N–H and O–H groups in total. The molecule has 0 rings (SSSR count). The molecule has 0 aromatic carbocycles. The van der Waals surface area contributed by atoms with Crippen LogP contribution in [0, 0.1) is 5.92 Å². The summed E-state index contributed by atoms with van der Waals surface area (Å²) in [5, 5.41) is 15.9. The van der Waals surface area contributed by atoms with Gasteiger partial charge < -0.3 is 15.7 Å². The van der Waals surface area contributed by atoms with Crippen molar-refractivity contribution < 1.29 is 9.90 Å². The summed E-state index contributed by atoms with van der Waals surface area (Å²) >= 11 is 0. The van der Waals surface area contributed by atoms with E-state index < -0.39 is 5.60 Å². The highest BCUT2D eigenvalue weighted by Crippen LogP contribution is 2.14. The van der Waals surface area contributed by atoms with Crippen LogP contribution in [0.3, 0.4) is 0 Å². The predicted molar refractivity (Wildman–Crippen MR) is 66.2 cm³/mol. The lowest BCUT2D eigenvalue weighted by Gasteiger charge is -2.27. The van der Waals surface area contributed by atoms with E-state index in [0.29, 0.717) is 19.5 Å². The minimum absolute atomic E-state index is 0.0681. The topological polar surface area (TPSA) is 61.4 Å². The first-order chi connectivity index (χ1) is 7.40. The first-order valence-electron chi connectivity index (χ1n) is 6.10. The predicted octanol–water partition coefficient (Wildman–Crippen LogP) is 0.899. The fraction of sp³-hybridized carbons (Fsp3) is 0.917. The minimum atomic E-state index is -0.708. The van der Waals surface area contributed by atoms with Crippen molar-refractivity contribution in [3.8, 4) is 0 Å². The van der Waals surface area contributed by atoms with Gasteiger partial charge in [0.05, 0.1) is 5.60 Å².